The van der Waals surface area contributed by atoms with Gasteiger partial charge in [0.1, 0.15) is 5.52 Å². The van der Waals surface area contributed by atoms with Crippen LogP contribution < -0.4 is 14.4 Å². The summed E-state index contributed by atoms with van der Waals surface area (Å²) in [5, 5.41) is 0.884. The Labute approximate surface area is 221 Å². The third kappa shape index (κ3) is 4.99. The zero-order chi connectivity index (χ0) is 26.2. The van der Waals surface area contributed by atoms with Crippen molar-refractivity contribution in [3.05, 3.63) is 42.0 Å². The molecule has 1 atom stereocenters. The number of piperidine rings is 1. The van der Waals surface area contributed by atoms with Gasteiger partial charge in [0.05, 0.1) is 23.8 Å². The highest BCUT2D eigenvalue weighted by molar-refractivity contribution is 7.89. The summed E-state index contributed by atoms with van der Waals surface area (Å²) in [6.45, 7) is 5.60. The van der Waals surface area contributed by atoms with Crippen LogP contribution in [0.15, 0.2) is 41.3 Å². The number of hydrogen-bond acceptors (Lipinski definition) is 8. The fourth-order valence-corrected chi connectivity index (χ4v) is 7.61. The van der Waals surface area contributed by atoms with E-state index in [4.69, 9.17) is 14.5 Å². The molecule has 0 radical (unpaired) electrons. The number of rotatable bonds is 6. The number of aromatic nitrogens is 1. The van der Waals surface area contributed by atoms with Crippen LogP contribution in [0.4, 0.5) is 5.13 Å². The molecule has 2 saturated heterocycles. The largest absolute Gasteiger partial charge is 0.493 e. The van der Waals surface area contributed by atoms with Gasteiger partial charge in [0.25, 0.3) is 5.91 Å². The van der Waals surface area contributed by atoms with Gasteiger partial charge in [-0.2, -0.15) is 4.31 Å². The van der Waals surface area contributed by atoms with E-state index in [0.717, 1.165) is 28.2 Å². The summed E-state index contributed by atoms with van der Waals surface area (Å²) in [6, 6.07) is 10.2. The molecule has 5 rings (SSSR count). The minimum atomic E-state index is -3.54. The number of anilines is 1. The molecule has 3 aromatic rings. The summed E-state index contributed by atoms with van der Waals surface area (Å²) in [5.74, 6) is 1.53. The molecule has 0 saturated carbocycles. The zero-order valence-electron chi connectivity index (χ0n) is 21.3. The highest BCUT2D eigenvalue weighted by Crippen LogP contribution is 2.40. The van der Waals surface area contributed by atoms with Gasteiger partial charge in [-0.05, 0) is 55.2 Å². The van der Waals surface area contributed by atoms with Crippen molar-refractivity contribution in [3.63, 3.8) is 0 Å². The van der Waals surface area contributed by atoms with Crippen molar-refractivity contribution in [2.45, 2.75) is 24.7 Å². The molecule has 0 bridgehead atoms. The first-order valence-electron chi connectivity index (χ1n) is 12.5. The van der Waals surface area contributed by atoms with Crippen molar-refractivity contribution in [2.24, 2.45) is 5.92 Å². The van der Waals surface area contributed by atoms with Crippen molar-refractivity contribution in [2.75, 3.05) is 58.4 Å². The number of benzene rings is 2. The molecule has 1 amide bonds. The van der Waals surface area contributed by atoms with Crippen LogP contribution in [0.2, 0.25) is 0 Å². The molecule has 2 fully saturated rings. The molecular formula is C26H32N4O5S2. The molecule has 2 aromatic carbocycles. The summed E-state index contributed by atoms with van der Waals surface area (Å²) in [7, 11) is -0.328. The van der Waals surface area contributed by atoms with E-state index in [9.17, 15) is 13.2 Å². The van der Waals surface area contributed by atoms with Crippen LogP contribution in [0, 0.1) is 5.92 Å². The Morgan fingerprint density at radius 2 is 1.73 bits per heavy atom. The van der Waals surface area contributed by atoms with Crippen LogP contribution in [-0.2, 0) is 10.0 Å². The van der Waals surface area contributed by atoms with E-state index in [1.54, 1.807) is 54.1 Å². The van der Waals surface area contributed by atoms with E-state index in [0.29, 0.717) is 62.2 Å². The van der Waals surface area contributed by atoms with E-state index < -0.39 is 10.0 Å². The van der Waals surface area contributed by atoms with Crippen LogP contribution in [0.1, 0.15) is 30.1 Å². The standard InChI is InChI=1S/C26H32N4O5S2/c1-18-5-4-12-30(17-18)37(32,33)20-8-6-19(7-9-20)25(31)28-13-15-29(16-14-28)26-27-23-22(36-26)11-10-21(34-2)24(23)35-3/h6-11,18H,4-5,12-17H2,1-3H3. The molecule has 2 aliphatic rings. The van der Waals surface area contributed by atoms with Crippen molar-refractivity contribution in [1.29, 1.82) is 0 Å². The lowest BCUT2D eigenvalue weighted by atomic mass is 10.0. The molecule has 0 spiro atoms. The fourth-order valence-electron chi connectivity index (χ4n) is 5.00. The number of methoxy groups -OCH3 is 2. The normalized spacial score (nSPS) is 19.3. The summed E-state index contributed by atoms with van der Waals surface area (Å²) in [6.07, 6.45) is 1.93. The second kappa shape index (κ2) is 10.5. The molecular weight excluding hydrogens is 512 g/mol. The first kappa shape index (κ1) is 25.7. The maximum absolute atomic E-state index is 13.1. The van der Waals surface area contributed by atoms with E-state index in [1.807, 2.05) is 17.0 Å². The summed E-state index contributed by atoms with van der Waals surface area (Å²) in [5.41, 5.74) is 1.27. The second-order valence-electron chi connectivity index (χ2n) is 9.56. The van der Waals surface area contributed by atoms with Gasteiger partial charge in [0, 0.05) is 44.8 Å². The Morgan fingerprint density at radius 3 is 2.38 bits per heavy atom. The van der Waals surface area contributed by atoms with Gasteiger partial charge in [-0.25, -0.2) is 13.4 Å². The van der Waals surface area contributed by atoms with E-state index in [1.165, 1.54) is 0 Å². The van der Waals surface area contributed by atoms with Gasteiger partial charge in [0.15, 0.2) is 16.6 Å². The monoisotopic (exact) mass is 544 g/mol. The summed E-state index contributed by atoms with van der Waals surface area (Å²) < 4.78 is 39.6. The first-order valence-corrected chi connectivity index (χ1v) is 14.7. The quantitative estimate of drug-likeness (QED) is 0.467. The minimum Gasteiger partial charge on any atom is -0.493 e. The van der Waals surface area contributed by atoms with Crippen LogP contribution in [0.5, 0.6) is 11.5 Å². The van der Waals surface area contributed by atoms with Crippen molar-refractivity contribution in [1.82, 2.24) is 14.2 Å². The predicted molar refractivity (Wildman–Crippen MR) is 144 cm³/mol. The predicted octanol–water partition coefficient (Wildman–Crippen LogP) is 3.70. The van der Waals surface area contributed by atoms with Gasteiger partial charge in [0.2, 0.25) is 10.0 Å². The number of carbonyl (C=O) groups is 1. The number of thiazole rings is 1. The Morgan fingerprint density at radius 1 is 1.00 bits per heavy atom. The van der Waals surface area contributed by atoms with E-state index in [2.05, 4.69) is 11.8 Å². The SMILES string of the molecule is COc1ccc2sc(N3CCN(C(=O)c4ccc(S(=O)(=O)N5CCCC(C)C5)cc4)CC3)nc2c1OC. The smallest absolute Gasteiger partial charge is 0.253 e. The molecule has 1 aromatic heterocycles. The van der Waals surface area contributed by atoms with Gasteiger partial charge >= 0.3 is 0 Å². The van der Waals surface area contributed by atoms with Crippen molar-refractivity contribution >= 4 is 42.6 Å². The lowest BCUT2D eigenvalue weighted by Gasteiger charge is -2.34. The van der Waals surface area contributed by atoms with E-state index in [-0.39, 0.29) is 10.8 Å². The number of fused-ring (bicyclic) bond motifs is 1. The lowest BCUT2D eigenvalue weighted by molar-refractivity contribution is 0.0746. The number of amides is 1. The molecule has 9 nitrogen and oxygen atoms in total. The summed E-state index contributed by atoms with van der Waals surface area (Å²) >= 11 is 1.59. The molecule has 198 valence electrons. The lowest BCUT2D eigenvalue weighted by Crippen LogP contribution is -2.48. The zero-order valence-corrected chi connectivity index (χ0v) is 23.0. The van der Waals surface area contributed by atoms with Gasteiger partial charge in [-0.1, -0.05) is 18.3 Å². The van der Waals surface area contributed by atoms with Gasteiger partial charge in [-0.15, -0.1) is 0 Å². The molecule has 0 aliphatic carbocycles. The number of piperazine rings is 1. The third-order valence-electron chi connectivity index (χ3n) is 7.09. The Hall–Kier alpha value is -2.89. The first-order chi connectivity index (χ1) is 17.8. The van der Waals surface area contributed by atoms with Crippen LogP contribution in [0.3, 0.4) is 0 Å². The van der Waals surface area contributed by atoms with Gasteiger partial charge in [-0.3, -0.25) is 4.79 Å². The Bertz CT molecular complexity index is 1380. The number of sulfonamides is 1. The number of ether oxygens (including phenoxy) is 2. The minimum absolute atomic E-state index is 0.0918. The van der Waals surface area contributed by atoms with Crippen LogP contribution in [0.25, 0.3) is 10.2 Å². The van der Waals surface area contributed by atoms with Crippen molar-refractivity contribution < 1.29 is 22.7 Å². The average Bonchev–Trinajstić information content (AvgIpc) is 3.36. The van der Waals surface area contributed by atoms with Crippen LogP contribution in [-0.4, -0.2) is 82.0 Å². The number of carbonyl (C=O) groups excluding carboxylic acids is 1. The molecule has 1 unspecified atom stereocenters. The van der Waals surface area contributed by atoms with Crippen LogP contribution >= 0.6 is 11.3 Å². The Kier molecular flexibility index (Phi) is 7.28. The number of nitrogens with zero attached hydrogens (tertiary/aromatic N) is 4. The van der Waals surface area contributed by atoms with Gasteiger partial charge < -0.3 is 19.3 Å². The van der Waals surface area contributed by atoms with E-state index >= 15 is 0 Å². The third-order valence-corrected chi connectivity index (χ3v) is 10.0. The number of hydrogen-bond donors (Lipinski definition) is 0. The molecule has 37 heavy (non-hydrogen) atoms. The molecule has 11 heteroatoms. The molecule has 3 heterocycles. The molecule has 2 aliphatic heterocycles. The highest BCUT2D eigenvalue weighted by atomic mass is 32.2. The maximum atomic E-state index is 13.1. The maximum Gasteiger partial charge on any atom is 0.253 e. The Balaban J connectivity index is 1.24. The topological polar surface area (TPSA) is 92.3 Å². The highest BCUT2D eigenvalue weighted by Gasteiger charge is 2.29. The second-order valence-corrected chi connectivity index (χ2v) is 12.5. The average molecular weight is 545 g/mol. The fraction of sp³-hybridized carbons (Fsp3) is 0.462. The van der Waals surface area contributed by atoms with Crippen molar-refractivity contribution in [3.8, 4) is 11.5 Å². The summed E-state index contributed by atoms with van der Waals surface area (Å²) in [4.78, 5) is 22.2. The molecule has 0 N–H and O–H groups in total.